The second-order valence-electron chi connectivity index (χ2n) is 4.52. The van der Waals surface area contributed by atoms with Crippen molar-refractivity contribution < 1.29 is 13.6 Å². The van der Waals surface area contributed by atoms with Crippen molar-refractivity contribution in [3.63, 3.8) is 0 Å². The summed E-state index contributed by atoms with van der Waals surface area (Å²) in [6.07, 6.45) is 0. The molecule has 0 atom stereocenters. The first-order valence-electron chi connectivity index (χ1n) is 6.15. The Morgan fingerprint density at radius 2 is 2.00 bits per heavy atom. The van der Waals surface area contributed by atoms with E-state index < -0.39 is 17.5 Å². The lowest BCUT2D eigenvalue weighted by Crippen LogP contribution is -2.12. The van der Waals surface area contributed by atoms with E-state index in [1.54, 1.807) is 14.1 Å². The van der Waals surface area contributed by atoms with Crippen LogP contribution in [0.2, 0.25) is 0 Å². The lowest BCUT2D eigenvalue weighted by atomic mass is 10.2. The summed E-state index contributed by atoms with van der Waals surface area (Å²) in [5, 5.41) is 16.1. The highest BCUT2D eigenvalue weighted by atomic mass is 19.1. The summed E-state index contributed by atoms with van der Waals surface area (Å²) >= 11 is 0. The lowest BCUT2D eigenvalue weighted by molar-refractivity contribution is 0.0996. The van der Waals surface area contributed by atoms with Crippen LogP contribution in [0.15, 0.2) is 28.5 Å². The third-order valence-corrected chi connectivity index (χ3v) is 2.63. The van der Waals surface area contributed by atoms with Gasteiger partial charge in [-0.25, -0.2) is 13.5 Å². The van der Waals surface area contributed by atoms with Crippen molar-refractivity contribution in [2.45, 2.75) is 6.54 Å². The summed E-state index contributed by atoms with van der Waals surface area (Å²) in [5.74, 6) is -2.44. The van der Waals surface area contributed by atoms with E-state index in [0.29, 0.717) is 0 Å². The molecule has 0 saturated carbocycles. The molecule has 2 aromatic rings. The molecular formula is C12H13F2N7O. The summed E-state index contributed by atoms with van der Waals surface area (Å²) < 4.78 is 28.4. The van der Waals surface area contributed by atoms with Gasteiger partial charge < -0.3 is 5.73 Å². The standard InChI is InChI=1S/C12H13F2N7O/c1-20(2)18-17-12-10(11(15)22)16-19-21(12)6-7-8(13)4-3-5-9(7)14/h3-5H,6H2,1-2H3,(H2,15,22)/b18-17+. The molecule has 0 saturated heterocycles. The van der Waals surface area contributed by atoms with Crippen molar-refractivity contribution >= 4 is 11.7 Å². The van der Waals surface area contributed by atoms with Gasteiger partial charge in [-0.1, -0.05) is 16.5 Å². The van der Waals surface area contributed by atoms with Gasteiger partial charge in [0.05, 0.1) is 6.54 Å². The molecule has 2 rings (SSSR count). The van der Waals surface area contributed by atoms with Gasteiger partial charge in [0.25, 0.3) is 5.91 Å². The first kappa shape index (κ1) is 15.5. The molecule has 22 heavy (non-hydrogen) atoms. The van der Waals surface area contributed by atoms with Crippen molar-refractivity contribution in [1.82, 2.24) is 20.0 Å². The number of rotatable bonds is 5. The Morgan fingerprint density at radius 1 is 1.36 bits per heavy atom. The normalized spacial score (nSPS) is 11.1. The van der Waals surface area contributed by atoms with E-state index in [1.807, 2.05) is 0 Å². The number of primary amides is 1. The quantitative estimate of drug-likeness (QED) is 0.663. The Bertz CT molecular complexity index is 706. The van der Waals surface area contributed by atoms with E-state index in [2.05, 4.69) is 20.6 Å². The van der Waals surface area contributed by atoms with E-state index in [4.69, 9.17) is 5.73 Å². The second-order valence-corrected chi connectivity index (χ2v) is 4.52. The van der Waals surface area contributed by atoms with Crippen LogP contribution >= 0.6 is 0 Å². The minimum atomic E-state index is -0.868. The average molecular weight is 309 g/mol. The molecule has 0 aliphatic carbocycles. The van der Waals surface area contributed by atoms with Gasteiger partial charge in [-0.15, -0.1) is 10.2 Å². The van der Waals surface area contributed by atoms with Gasteiger partial charge in [-0.05, 0) is 12.1 Å². The van der Waals surface area contributed by atoms with Crippen LogP contribution in [0.1, 0.15) is 16.1 Å². The molecule has 8 nitrogen and oxygen atoms in total. The SMILES string of the molecule is CN(C)/N=N/c1c(C(N)=O)nnn1Cc1c(F)cccc1F. The Labute approximate surface area is 124 Å². The molecule has 0 radical (unpaired) electrons. The number of amides is 1. The minimum absolute atomic E-state index is 0.0798. The summed E-state index contributed by atoms with van der Waals surface area (Å²) in [4.78, 5) is 11.3. The maximum absolute atomic E-state index is 13.7. The first-order chi connectivity index (χ1) is 10.4. The van der Waals surface area contributed by atoms with Gasteiger partial charge in [-0.3, -0.25) is 9.80 Å². The monoisotopic (exact) mass is 309 g/mol. The van der Waals surface area contributed by atoms with Crippen LogP contribution in [0.3, 0.4) is 0 Å². The van der Waals surface area contributed by atoms with E-state index >= 15 is 0 Å². The van der Waals surface area contributed by atoms with Gasteiger partial charge in [0.15, 0.2) is 5.69 Å². The molecule has 116 valence electrons. The molecule has 0 aliphatic heterocycles. The number of halogens is 2. The van der Waals surface area contributed by atoms with Gasteiger partial charge in [-0.2, -0.15) is 0 Å². The Hall–Kier alpha value is -2.91. The molecule has 2 N–H and O–H groups in total. The fourth-order valence-corrected chi connectivity index (χ4v) is 1.64. The van der Waals surface area contributed by atoms with E-state index in [0.717, 1.165) is 16.8 Å². The molecule has 0 fully saturated rings. The van der Waals surface area contributed by atoms with Crippen LogP contribution in [0.25, 0.3) is 0 Å². The molecule has 10 heteroatoms. The van der Waals surface area contributed by atoms with Crippen molar-refractivity contribution in [2.24, 2.45) is 16.1 Å². The van der Waals surface area contributed by atoms with Gasteiger partial charge in [0.1, 0.15) is 11.6 Å². The smallest absolute Gasteiger partial charge is 0.273 e. The van der Waals surface area contributed by atoms with Crippen molar-refractivity contribution in [2.75, 3.05) is 14.1 Å². The molecule has 1 heterocycles. The molecule has 1 amide bonds. The molecular weight excluding hydrogens is 296 g/mol. The first-order valence-corrected chi connectivity index (χ1v) is 6.15. The third kappa shape index (κ3) is 3.22. The van der Waals surface area contributed by atoms with E-state index in [9.17, 15) is 13.6 Å². The number of carbonyl (C=O) groups is 1. The zero-order chi connectivity index (χ0) is 16.3. The number of benzene rings is 1. The van der Waals surface area contributed by atoms with E-state index in [1.165, 1.54) is 11.1 Å². The highest BCUT2D eigenvalue weighted by molar-refractivity contribution is 5.94. The predicted octanol–water partition coefficient (Wildman–Crippen LogP) is 1.26. The Morgan fingerprint density at radius 3 is 2.55 bits per heavy atom. The summed E-state index contributed by atoms with van der Waals surface area (Å²) in [6.45, 7) is -0.305. The number of nitrogens with two attached hydrogens (primary N) is 1. The minimum Gasteiger partial charge on any atom is -0.364 e. The topological polar surface area (TPSA) is 102 Å². The largest absolute Gasteiger partial charge is 0.364 e. The van der Waals surface area contributed by atoms with Crippen molar-refractivity contribution in [1.29, 1.82) is 0 Å². The van der Waals surface area contributed by atoms with Crippen LogP contribution < -0.4 is 5.73 Å². The average Bonchev–Trinajstić information content (AvgIpc) is 2.83. The fourth-order valence-electron chi connectivity index (χ4n) is 1.64. The van der Waals surface area contributed by atoms with Crippen molar-refractivity contribution in [3.05, 3.63) is 41.1 Å². The second kappa shape index (κ2) is 6.24. The molecule has 0 aliphatic rings. The third-order valence-electron chi connectivity index (χ3n) is 2.63. The van der Waals surface area contributed by atoms with E-state index in [-0.39, 0.29) is 23.6 Å². The van der Waals surface area contributed by atoms with Crippen LogP contribution in [-0.2, 0) is 6.54 Å². The molecule has 1 aromatic heterocycles. The number of carbonyl (C=O) groups excluding carboxylic acids is 1. The maximum atomic E-state index is 13.7. The summed E-state index contributed by atoms with van der Waals surface area (Å²) in [5.41, 5.74) is 4.70. The fraction of sp³-hybridized carbons (Fsp3) is 0.250. The van der Waals surface area contributed by atoms with Crippen molar-refractivity contribution in [3.8, 4) is 0 Å². The van der Waals surface area contributed by atoms with Gasteiger partial charge >= 0.3 is 0 Å². The Kier molecular flexibility index (Phi) is 4.39. The maximum Gasteiger partial charge on any atom is 0.273 e. The van der Waals surface area contributed by atoms with Gasteiger partial charge in [0, 0.05) is 19.7 Å². The zero-order valence-corrected chi connectivity index (χ0v) is 11.9. The Balaban J connectivity index is 2.45. The predicted molar refractivity (Wildman–Crippen MR) is 72.2 cm³/mol. The van der Waals surface area contributed by atoms with Crippen LogP contribution in [-0.4, -0.2) is 40.0 Å². The number of nitrogens with zero attached hydrogens (tertiary/aromatic N) is 6. The molecule has 0 spiro atoms. The van der Waals surface area contributed by atoms with Crippen LogP contribution in [0, 0.1) is 11.6 Å². The number of aromatic nitrogens is 3. The number of hydrogen-bond acceptors (Lipinski definition) is 5. The lowest BCUT2D eigenvalue weighted by Gasteiger charge is -2.06. The molecule has 0 bridgehead atoms. The van der Waals surface area contributed by atoms with Crippen LogP contribution in [0.5, 0.6) is 0 Å². The summed E-state index contributed by atoms with van der Waals surface area (Å²) in [6, 6.07) is 3.48. The highest BCUT2D eigenvalue weighted by Crippen LogP contribution is 2.20. The molecule has 1 aromatic carbocycles. The van der Waals surface area contributed by atoms with Gasteiger partial charge in [0.2, 0.25) is 5.82 Å². The summed E-state index contributed by atoms with van der Waals surface area (Å²) in [7, 11) is 3.22. The highest BCUT2D eigenvalue weighted by Gasteiger charge is 2.20. The zero-order valence-electron chi connectivity index (χ0n) is 11.9. The van der Waals surface area contributed by atoms with Crippen LogP contribution in [0.4, 0.5) is 14.6 Å². The molecule has 0 unspecified atom stereocenters. The number of hydrogen-bond donors (Lipinski definition) is 1.